The van der Waals surface area contributed by atoms with E-state index in [9.17, 15) is 4.39 Å². The molecule has 5 nitrogen and oxygen atoms in total. The van der Waals surface area contributed by atoms with Gasteiger partial charge in [-0.1, -0.05) is 0 Å². The van der Waals surface area contributed by atoms with Gasteiger partial charge in [-0.2, -0.15) is 15.0 Å². The van der Waals surface area contributed by atoms with Gasteiger partial charge in [0.1, 0.15) is 5.82 Å². The van der Waals surface area contributed by atoms with Crippen LogP contribution in [0, 0.1) is 12.7 Å². The zero-order valence-corrected chi connectivity index (χ0v) is 11.4. The summed E-state index contributed by atoms with van der Waals surface area (Å²) in [6, 6.07) is 4.81. The van der Waals surface area contributed by atoms with E-state index in [-0.39, 0.29) is 5.82 Å². The molecule has 1 N–H and O–H groups in total. The topological polar surface area (TPSA) is 53.9 Å². The lowest BCUT2D eigenvalue weighted by atomic mass is 10.1. The Morgan fingerprint density at radius 2 is 1.89 bits per heavy atom. The van der Waals surface area contributed by atoms with Crippen molar-refractivity contribution in [2.24, 2.45) is 0 Å². The van der Waals surface area contributed by atoms with E-state index in [0.29, 0.717) is 23.3 Å². The zero-order valence-electron chi connectivity index (χ0n) is 11.4. The number of aromatic nitrogens is 3. The number of aryl methyl sites for hydroxylation is 1. The van der Waals surface area contributed by atoms with E-state index in [4.69, 9.17) is 0 Å². The fourth-order valence-corrected chi connectivity index (χ4v) is 1.59. The van der Waals surface area contributed by atoms with E-state index < -0.39 is 0 Å². The van der Waals surface area contributed by atoms with Crippen molar-refractivity contribution in [1.82, 2.24) is 15.0 Å². The van der Waals surface area contributed by atoms with Gasteiger partial charge < -0.3 is 10.2 Å². The summed E-state index contributed by atoms with van der Waals surface area (Å²) >= 11 is 0. The molecule has 0 aliphatic rings. The lowest BCUT2D eigenvalue weighted by molar-refractivity contribution is 0.618. The average Bonchev–Trinajstić information content (AvgIpc) is 2.41. The van der Waals surface area contributed by atoms with Gasteiger partial charge in [0, 0.05) is 26.7 Å². The molecule has 2 rings (SSSR count). The highest BCUT2D eigenvalue weighted by Gasteiger charge is 2.10. The van der Waals surface area contributed by atoms with Gasteiger partial charge in [0.15, 0.2) is 5.82 Å². The fraction of sp³-hybridized carbons (Fsp3) is 0.308. The first-order valence-electron chi connectivity index (χ1n) is 5.89. The van der Waals surface area contributed by atoms with Gasteiger partial charge in [0.25, 0.3) is 0 Å². The number of rotatable bonds is 3. The Balaban J connectivity index is 2.54. The van der Waals surface area contributed by atoms with Crippen molar-refractivity contribution in [2.45, 2.75) is 6.92 Å². The summed E-state index contributed by atoms with van der Waals surface area (Å²) < 4.78 is 13.3. The largest absolute Gasteiger partial charge is 0.357 e. The molecule has 0 saturated heterocycles. The maximum absolute atomic E-state index is 13.3. The first kappa shape index (κ1) is 13.2. The van der Waals surface area contributed by atoms with Gasteiger partial charge in [-0.15, -0.1) is 0 Å². The van der Waals surface area contributed by atoms with E-state index in [2.05, 4.69) is 20.3 Å². The van der Waals surface area contributed by atoms with Gasteiger partial charge in [-0.25, -0.2) is 4.39 Å². The molecule has 0 atom stereocenters. The Bertz CT molecular complexity index is 598. The van der Waals surface area contributed by atoms with Crippen molar-refractivity contribution in [3.63, 3.8) is 0 Å². The Kier molecular flexibility index (Phi) is 3.59. The first-order chi connectivity index (χ1) is 9.01. The van der Waals surface area contributed by atoms with E-state index in [1.165, 1.54) is 6.07 Å². The quantitative estimate of drug-likeness (QED) is 0.917. The third kappa shape index (κ3) is 2.78. The highest BCUT2D eigenvalue weighted by molar-refractivity contribution is 5.59. The van der Waals surface area contributed by atoms with Gasteiger partial charge in [-0.3, -0.25) is 0 Å². The summed E-state index contributed by atoms with van der Waals surface area (Å²) in [4.78, 5) is 14.7. The van der Waals surface area contributed by atoms with Crippen LogP contribution in [0.5, 0.6) is 0 Å². The van der Waals surface area contributed by atoms with E-state index in [0.717, 1.165) is 5.56 Å². The molecule has 0 saturated carbocycles. The molecule has 0 aliphatic heterocycles. The smallest absolute Gasteiger partial charge is 0.230 e. The lowest BCUT2D eigenvalue weighted by Crippen LogP contribution is -2.15. The molecule has 0 unspecified atom stereocenters. The van der Waals surface area contributed by atoms with E-state index in [1.807, 2.05) is 14.1 Å². The molecule has 100 valence electrons. The Labute approximate surface area is 111 Å². The summed E-state index contributed by atoms with van der Waals surface area (Å²) in [6.45, 7) is 1.71. The van der Waals surface area contributed by atoms with Crippen LogP contribution < -0.4 is 10.2 Å². The van der Waals surface area contributed by atoms with Crippen LogP contribution in [0.25, 0.3) is 11.4 Å². The molecule has 0 bridgehead atoms. The molecule has 1 heterocycles. The van der Waals surface area contributed by atoms with Crippen molar-refractivity contribution < 1.29 is 4.39 Å². The Hall–Kier alpha value is -2.24. The average molecular weight is 261 g/mol. The van der Waals surface area contributed by atoms with Crippen molar-refractivity contribution >= 4 is 11.9 Å². The summed E-state index contributed by atoms with van der Waals surface area (Å²) in [5.74, 6) is 1.32. The number of halogens is 1. The van der Waals surface area contributed by atoms with Crippen molar-refractivity contribution in [2.75, 3.05) is 31.4 Å². The second-order valence-corrected chi connectivity index (χ2v) is 4.39. The Morgan fingerprint density at radius 1 is 1.16 bits per heavy atom. The van der Waals surface area contributed by atoms with Crippen LogP contribution >= 0.6 is 0 Å². The minimum Gasteiger partial charge on any atom is -0.357 e. The highest BCUT2D eigenvalue weighted by atomic mass is 19.1. The maximum Gasteiger partial charge on any atom is 0.230 e. The van der Waals surface area contributed by atoms with E-state index in [1.54, 1.807) is 31.0 Å². The number of nitrogens with one attached hydrogen (secondary N) is 1. The van der Waals surface area contributed by atoms with Crippen molar-refractivity contribution in [1.29, 1.82) is 0 Å². The number of hydrogen-bond donors (Lipinski definition) is 1. The normalized spacial score (nSPS) is 10.4. The maximum atomic E-state index is 13.3. The molecule has 0 spiro atoms. The van der Waals surface area contributed by atoms with Crippen molar-refractivity contribution in [3.8, 4) is 11.4 Å². The van der Waals surface area contributed by atoms with Crippen LogP contribution in [0.2, 0.25) is 0 Å². The monoisotopic (exact) mass is 261 g/mol. The summed E-state index contributed by atoms with van der Waals surface area (Å²) in [6.07, 6.45) is 0. The second kappa shape index (κ2) is 5.17. The highest BCUT2D eigenvalue weighted by Crippen LogP contribution is 2.21. The van der Waals surface area contributed by atoms with Crippen LogP contribution in [0.3, 0.4) is 0 Å². The number of benzene rings is 1. The van der Waals surface area contributed by atoms with Crippen LogP contribution in [0.4, 0.5) is 16.3 Å². The van der Waals surface area contributed by atoms with Gasteiger partial charge in [0.2, 0.25) is 11.9 Å². The standard InChI is InChI=1S/C13H16FN5/c1-8-7-9(5-6-10(8)14)11-16-12(15-2)18-13(17-11)19(3)4/h5-7H,1-4H3,(H,15,16,17,18). The summed E-state index contributed by atoms with van der Waals surface area (Å²) in [5, 5.41) is 2.90. The minimum atomic E-state index is -0.237. The zero-order chi connectivity index (χ0) is 14.0. The summed E-state index contributed by atoms with van der Waals surface area (Å²) in [7, 11) is 5.46. The molecule has 19 heavy (non-hydrogen) atoms. The lowest BCUT2D eigenvalue weighted by Gasteiger charge is -2.12. The second-order valence-electron chi connectivity index (χ2n) is 4.39. The minimum absolute atomic E-state index is 0.237. The molecular formula is C13H16FN5. The molecule has 2 aromatic rings. The molecule has 1 aromatic heterocycles. The fourth-order valence-electron chi connectivity index (χ4n) is 1.59. The van der Waals surface area contributed by atoms with Gasteiger partial charge in [0.05, 0.1) is 0 Å². The SMILES string of the molecule is CNc1nc(-c2ccc(F)c(C)c2)nc(N(C)C)n1. The van der Waals surface area contributed by atoms with Crippen LogP contribution in [-0.2, 0) is 0 Å². The van der Waals surface area contributed by atoms with Gasteiger partial charge >= 0.3 is 0 Å². The third-order valence-electron chi connectivity index (χ3n) is 2.66. The number of hydrogen-bond acceptors (Lipinski definition) is 5. The molecule has 0 radical (unpaired) electrons. The third-order valence-corrected chi connectivity index (χ3v) is 2.66. The molecular weight excluding hydrogens is 245 g/mol. The van der Waals surface area contributed by atoms with E-state index >= 15 is 0 Å². The number of nitrogens with zero attached hydrogens (tertiary/aromatic N) is 4. The molecule has 0 amide bonds. The number of anilines is 2. The Morgan fingerprint density at radius 3 is 2.47 bits per heavy atom. The molecule has 0 aliphatic carbocycles. The van der Waals surface area contributed by atoms with Crippen LogP contribution in [0.15, 0.2) is 18.2 Å². The first-order valence-corrected chi connectivity index (χ1v) is 5.89. The van der Waals surface area contributed by atoms with Crippen molar-refractivity contribution in [3.05, 3.63) is 29.6 Å². The predicted octanol–water partition coefficient (Wildman–Crippen LogP) is 2.09. The summed E-state index contributed by atoms with van der Waals surface area (Å²) in [5.41, 5.74) is 1.33. The molecule has 1 aromatic carbocycles. The predicted molar refractivity (Wildman–Crippen MR) is 73.8 cm³/mol. The van der Waals surface area contributed by atoms with Crippen LogP contribution in [0.1, 0.15) is 5.56 Å². The van der Waals surface area contributed by atoms with Gasteiger partial charge in [-0.05, 0) is 30.7 Å². The molecule has 6 heteroatoms. The van der Waals surface area contributed by atoms with Crippen LogP contribution in [-0.4, -0.2) is 36.1 Å². The molecule has 0 fully saturated rings.